The lowest BCUT2D eigenvalue weighted by molar-refractivity contribution is 0.392. The predicted molar refractivity (Wildman–Crippen MR) is 374 cm³/mol. The lowest BCUT2D eigenvalue weighted by Crippen LogP contribution is -2.28. The molecule has 0 amide bonds. The van der Waals surface area contributed by atoms with Gasteiger partial charge in [-0.2, -0.15) is 0 Å². The highest BCUT2D eigenvalue weighted by Crippen LogP contribution is 2.56. The minimum atomic E-state index is -0.208. The van der Waals surface area contributed by atoms with Crippen LogP contribution in [0.3, 0.4) is 0 Å². The molecule has 4 heteroatoms. The maximum atomic E-state index is 2.58. The number of nitrogens with zero attached hydrogens (tertiary/aromatic N) is 3. The highest BCUT2D eigenvalue weighted by atomic mass is 32.1. The van der Waals surface area contributed by atoms with Gasteiger partial charge in [-0.3, -0.25) is 0 Å². The molecule has 2 heterocycles. The molecule has 3 aliphatic carbocycles. The minimum Gasteiger partial charge on any atom is -0.311 e. The topological polar surface area (TPSA) is 11.4 Å². The molecule has 420 valence electrons. The maximum Gasteiger partial charge on any atom is 0.0555 e. The van der Waals surface area contributed by atoms with Gasteiger partial charge in [-0.1, -0.05) is 234 Å². The third-order valence-corrected chi connectivity index (χ3v) is 20.9. The minimum absolute atomic E-state index is 0.0924. The normalized spacial score (nSPS) is 15.9. The van der Waals surface area contributed by atoms with Crippen molar-refractivity contribution in [2.75, 3.05) is 9.80 Å². The van der Waals surface area contributed by atoms with E-state index in [0.717, 1.165) is 50.9 Å². The van der Waals surface area contributed by atoms with Gasteiger partial charge in [0.25, 0.3) is 0 Å². The highest BCUT2D eigenvalue weighted by Gasteiger charge is 2.45. The van der Waals surface area contributed by atoms with E-state index in [9.17, 15) is 0 Å². The Morgan fingerprint density at radius 1 is 0.386 bits per heavy atom. The van der Waals surface area contributed by atoms with Crippen molar-refractivity contribution in [3.05, 3.63) is 325 Å². The van der Waals surface area contributed by atoms with Gasteiger partial charge in [-0.25, -0.2) is 0 Å². The fourth-order valence-electron chi connectivity index (χ4n) is 15.3. The molecular formula is C84H63N3S. The quantitative estimate of drug-likeness (QED) is 0.135. The van der Waals surface area contributed by atoms with Gasteiger partial charge in [0.15, 0.2) is 0 Å². The van der Waals surface area contributed by atoms with Crippen LogP contribution in [0.2, 0.25) is 0 Å². The van der Waals surface area contributed by atoms with Gasteiger partial charge in [0.1, 0.15) is 0 Å². The van der Waals surface area contributed by atoms with E-state index >= 15 is 0 Å². The van der Waals surface area contributed by atoms with E-state index in [1.165, 1.54) is 97.6 Å². The summed E-state index contributed by atoms with van der Waals surface area (Å²) in [5, 5.41) is 5.14. The average molecular weight is 1150 g/mol. The van der Waals surface area contributed by atoms with Gasteiger partial charge in [-0.15, -0.1) is 11.3 Å². The van der Waals surface area contributed by atoms with Crippen molar-refractivity contribution in [3.8, 4) is 50.2 Å². The third-order valence-electron chi connectivity index (χ3n) is 19.6. The molecular weight excluding hydrogens is 1080 g/mol. The van der Waals surface area contributed by atoms with Gasteiger partial charge in [0.05, 0.1) is 11.0 Å². The first-order valence-corrected chi connectivity index (χ1v) is 31.7. The number of anilines is 5. The van der Waals surface area contributed by atoms with Crippen molar-refractivity contribution in [1.82, 2.24) is 4.57 Å². The van der Waals surface area contributed by atoms with E-state index < -0.39 is 0 Å². The highest BCUT2D eigenvalue weighted by molar-refractivity contribution is 7.26. The lowest BCUT2D eigenvalue weighted by Gasteiger charge is -2.35. The zero-order valence-electron chi connectivity index (χ0n) is 49.7. The van der Waals surface area contributed by atoms with E-state index in [1.54, 1.807) is 0 Å². The summed E-state index contributed by atoms with van der Waals surface area (Å²) in [6, 6.07) is 104. The zero-order valence-corrected chi connectivity index (χ0v) is 50.5. The molecule has 0 radical (unpaired) electrons. The number of aromatic nitrogens is 1. The van der Waals surface area contributed by atoms with Crippen LogP contribution in [0.15, 0.2) is 303 Å². The Balaban J connectivity index is 0.929. The fourth-order valence-corrected chi connectivity index (χ4v) is 16.5. The molecule has 88 heavy (non-hydrogen) atoms. The molecule has 12 aromatic carbocycles. The van der Waals surface area contributed by atoms with Gasteiger partial charge in [-0.05, 0) is 169 Å². The second-order valence-electron chi connectivity index (χ2n) is 25.3. The molecule has 2 aromatic heterocycles. The van der Waals surface area contributed by atoms with Gasteiger partial charge >= 0.3 is 0 Å². The molecule has 0 fully saturated rings. The first-order valence-electron chi connectivity index (χ1n) is 30.9. The Morgan fingerprint density at radius 3 is 1.68 bits per heavy atom. The second-order valence-corrected chi connectivity index (χ2v) is 26.3. The molecule has 0 saturated carbocycles. The Labute approximate surface area is 518 Å². The maximum absolute atomic E-state index is 2.58. The van der Waals surface area contributed by atoms with Crippen LogP contribution in [0.25, 0.3) is 92.2 Å². The van der Waals surface area contributed by atoms with Crippen LogP contribution in [-0.2, 0) is 10.8 Å². The Kier molecular flexibility index (Phi) is 11.9. The van der Waals surface area contributed by atoms with E-state index in [0.29, 0.717) is 0 Å². The van der Waals surface area contributed by atoms with Gasteiger partial charge in [0.2, 0.25) is 0 Å². The number of rotatable bonds is 10. The van der Waals surface area contributed by atoms with Crippen LogP contribution in [0.5, 0.6) is 0 Å². The first kappa shape index (κ1) is 52.1. The lowest BCUT2D eigenvalue weighted by atomic mass is 9.74. The summed E-state index contributed by atoms with van der Waals surface area (Å²) in [6.45, 7) is 9.65. The van der Waals surface area contributed by atoms with E-state index in [1.807, 2.05) is 11.3 Å². The van der Waals surface area contributed by atoms with Gasteiger partial charge < -0.3 is 14.4 Å². The van der Waals surface area contributed by atoms with Crippen molar-refractivity contribution >= 4 is 81.8 Å². The third kappa shape index (κ3) is 8.23. The number of thiophene rings is 1. The molecule has 3 nitrogen and oxygen atoms in total. The molecule has 0 saturated heterocycles. The van der Waals surface area contributed by atoms with Gasteiger partial charge in [0, 0.05) is 82.1 Å². The number of fused-ring (bicyclic) bond motifs is 13. The average Bonchev–Trinajstić information content (AvgIpc) is 1.92. The summed E-state index contributed by atoms with van der Waals surface area (Å²) >= 11 is 1.90. The largest absolute Gasteiger partial charge is 0.311 e. The van der Waals surface area contributed by atoms with Crippen LogP contribution >= 0.6 is 11.3 Å². The molecule has 0 spiro atoms. The van der Waals surface area contributed by atoms with Crippen molar-refractivity contribution in [2.24, 2.45) is 5.92 Å². The summed E-state index contributed by atoms with van der Waals surface area (Å²) in [4.78, 5) is 5.04. The number of para-hydroxylation sites is 1. The predicted octanol–water partition coefficient (Wildman–Crippen LogP) is 23.2. The van der Waals surface area contributed by atoms with Crippen molar-refractivity contribution in [3.63, 3.8) is 0 Å². The molecule has 2 unspecified atom stereocenters. The summed E-state index contributed by atoms with van der Waals surface area (Å²) in [6.07, 6.45) is 7.47. The van der Waals surface area contributed by atoms with E-state index in [4.69, 9.17) is 0 Å². The summed E-state index contributed by atoms with van der Waals surface area (Å²) in [5.41, 5.74) is 24.9. The van der Waals surface area contributed by atoms with Crippen LogP contribution < -0.4 is 9.80 Å². The molecule has 0 N–H and O–H groups in total. The standard InChI is InChI=1S/C84H63N3S/c1-83(2)74-29-17-14-26-67(74)69-44-41-63(52-76(69)83)85(61-37-32-56(33-38-61)54-20-8-5-9-21-54)65-48-59(58-36-43-73-79(50-58)87(60-24-12-7-13-25-60)78-47-46-72-71-28-16-19-31-80(71)88-82(72)81(73)78)49-66(51-65)86(62-39-34-57(35-40-62)55-22-10-6-11-23-55)64-42-45-70-68-27-15-18-30-75(68)84(3,4)77(70)53-64/h5-53,69,76H,1-4H3. The second kappa shape index (κ2) is 20.2. The fraction of sp³-hybridized carbons (Fsp3) is 0.0952. The Hall–Kier alpha value is -10.3. The summed E-state index contributed by atoms with van der Waals surface area (Å²) < 4.78 is 5.12. The van der Waals surface area contributed by atoms with Crippen LogP contribution in [0.4, 0.5) is 28.4 Å². The van der Waals surface area contributed by atoms with Crippen molar-refractivity contribution < 1.29 is 0 Å². The van der Waals surface area contributed by atoms with Crippen LogP contribution in [0, 0.1) is 5.92 Å². The molecule has 3 aliphatic rings. The molecule has 0 bridgehead atoms. The van der Waals surface area contributed by atoms with E-state index in [-0.39, 0.29) is 22.7 Å². The monoisotopic (exact) mass is 1150 g/mol. The van der Waals surface area contributed by atoms with Crippen LogP contribution in [-0.4, -0.2) is 4.57 Å². The van der Waals surface area contributed by atoms with Crippen LogP contribution in [0.1, 0.15) is 55.9 Å². The summed E-state index contributed by atoms with van der Waals surface area (Å²) in [5.74, 6) is 0.521. The first-order chi connectivity index (χ1) is 43.1. The molecule has 17 rings (SSSR count). The zero-order chi connectivity index (χ0) is 58.8. The van der Waals surface area contributed by atoms with E-state index in [2.05, 4.69) is 339 Å². The number of allylic oxidation sites excluding steroid dienone is 3. The van der Waals surface area contributed by atoms with Crippen molar-refractivity contribution in [2.45, 2.75) is 44.4 Å². The number of hydrogen-bond acceptors (Lipinski definition) is 3. The molecule has 0 aliphatic heterocycles. The number of hydrogen-bond donors (Lipinski definition) is 0. The molecule has 14 aromatic rings. The summed E-state index contributed by atoms with van der Waals surface area (Å²) in [7, 11) is 0. The van der Waals surface area contributed by atoms with Crippen molar-refractivity contribution in [1.29, 1.82) is 0 Å². The smallest absolute Gasteiger partial charge is 0.0555 e. The Morgan fingerprint density at radius 2 is 0.955 bits per heavy atom. The Bertz CT molecular complexity index is 5140. The SMILES string of the molecule is CC1(C)c2ccccc2-c2ccc(N(c3ccc(-c4ccccc4)cc3)c3cc(-c4ccc5c6c7sc8ccccc8c7ccc6n(-c6ccccc6)c5c4)cc(N(C4=CC5C(C=C4)c4ccccc4C5(C)C)c4ccc(-c5ccccc5)cc4)c3)cc21. The molecule has 2 atom stereocenters. The number of benzene rings is 12.